The minimum atomic E-state index is -3.49. The molecule has 1 aliphatic rings. The van der Waals surface area contributed by atoms with Crippen LogP contribution in [0.1, 0.15) is 25.7 Å². The van der Waals surface area contributed by atoms with Crippen LogP contribution in [0.15, 0.2) is 5.16 Å². The minimum absolute atomic E-state index is 0.000744. The molecule has 22 heavy (non-hydrogen) atoms. The SMILES string of the molecule is CS(=O)(=O)c1nsc(OCC(=O)CC(=O)N2CCCCC2)n1. The van der Waals surface area contributed by atoms with Gasteiger partial charge in [-0.05, 0) is 19.3 Å². The van der Waals surface area contributed by atoms with E-state index >= 15 is 0 Å². The predicted octanol–water partition coefficient (Wildman–Crippen LogP) is 0.292. The van der Waals surface area contributed by atoms with E-state index in [2.05, 4.69) is 9.36 Å². The van der Waals surface area contributed by atoms with Gasteiger partial charge in [-0.25, -0.2) is 8.42 Å². The molecule has 2 rings (SSSR count). The Hall–Kier alpha value is -1.55. The Balaban J connectivity index is 1.80. The fourth-order valence-electron chi connectivity index (χ4n) is 2.02. The molecule has 0 atom stereocenters. The lowest BCUT2D eigenvalue weighted by Gasteiger charge is -2.26. The fraction of sp³-hybridized carbons (Fsp3) is 0.667. The highest BCUT2D eigenvalue weighted by molar-refractivity contribution is 7.90. The number of carbonyl (C=O) groups excluding carboxylic acids is 2. The van der Waals surface area contributed by atoms with Crippen molar-refractivity contribution >= 4 is 33.1 Å². The maximum absolute atomic E-state index is 11.9. The van der Waals surface area contributed by atoms with E-state index in [1.54, 1.807) is 4.90 Å². The topological polar surface area (TPSA) is 107 Å². The van der Waals surface area contributed by atoms with Crippen LogP contribution in [0, 0.1) is 0 Å². The number of hydrogen-bond donors (Lipinski definition) is 0. The monoisotopic (exact) mass is 347 g/mol. The first-order chi connectivity index (χ1) is 10.4. The Morgan fingerprint density at radius 3 is 2.55 bits per heavy atom. The van der Waals surface area contributed by atoms with E-state index in [4.69, 9.17) is 4.74 Å². The Morgan fingerprint density at radius 2 is 1.95 bits per heavy atom. The van der Waals surface area contributed by atoms with Crippen LogP contribution in [-0.4, -0.2) is 60.3 Å². The summed E-state index contributed by atoms with van der Waals surface area (Å²) >= 11 is 0.755. The van der Waals surface area contributed by atoms with Gasteiger partial charge in [-0.3, -0.25) is 9.59 Å². The number of sulfone groups is 1. The second-order valence-corrected chi connectivity index (χ2v) is 7.68. The third-order valence-corrected chi connectivity index (χ3v) is 4.73. The van der Waals surface area contributed by atoms with Crippen molar-refractivity contribution in [3.8, 4) is 5.19 Å². The summed E-state index contributed by atoms with van der Waals surface area (Å²) < 4.78 is 31.2. The molecule has 0 N–H and O–H groups in total. The Morgan fingerprint density at radius 1 is 1.27 bits per heavy atom. The van der Waals surface area contributed by atoms with Crippen molar-refractivity contribution in [3.05, 3.63) is 0 Å². The third kappa shape index (κ3) is 4.73. The molecule has 0 aliphatic carbocycles. The van der Waals surface area contributed by atoms with E-state index in [-0.39, 0.29) is 35.1 Å². The van der Waals surface area contributed by atoms with Gasteiger partial charge >= 0.3 is 0 Å². The zero-order chi connectivity index (χ0) is 16.2. The van der Waals surface area contributed by atoms with E-state index in [9.17, 15) is 18.0 Å². The van der Waals surface area contributed by atoms with Gasteiger partial charge in [0.05, 0.1) is 6.42 Å². The summed E-state index contributed by atoms with van der Waals surface area (Å²) in [5, 5.41) is -0.330. The van der Waals surface area contributed by atoms with Gasteiger partial charge in [-0.15, -0.1) is 0 Å². The average molecular weight is 347 g/mol. The summed E-state index contributed by atoms with van der Waals surface area (Å²) in [5.41, 5.74) is 0. The van der Waals surface area contributed by atoms with Crippen molar-refractivity contribution in [1.82, 2.24) is 14.3 Å². The summed E-state index contributed by atoms with van der Waals surface area (Å²) in [4.78, 5) is 29.0. The van der Waals surface area contributed by atoms with Gasteiger partial charge in [0, 0.05) is 30.9 Å². The van der Waals surface area contributed by atoms with Gasteiger partial charge in [-0.1, -0.05) is 0 Å². The Labute approximate surface area is 132 Å². The van der Waals surface area contributed by atoms with Crippen LogP contribution < -0.4 is 4.74 Å². The number of carbonyl (C=O) groups is 2. The van der Waals surface area contributed by atoms with Crippen LogP contribution in [0.5, 0.6) is 5.19 Å². The third-order valence-electron chi connectivity index (χ3n) is 3.13. The van der Waals surface area contributed by atoms with Crippen LogP contribution in [0.4, 0.5) is 0 Å². The normalized spacial score (nSPS) is 15.6. The fourth-order valence-corrected chi connectivity index (χ4v) is 3.42. The summed E-state index contributed by atoms with van der Waals surface area (Å²) in [6.45, 7) is 1.07. The zero-order valence-corrected chi connectivity index (χ0v) is 13.8. The van der Waals surface area contributed by atoms with Crippen molar-refractivity contribution < 1.29 is 22.7 Å². The summed E-state index contributed by atoms with van der Waals surface area (Å²) in [7, 11) is -3.49. The second-order valence-electron chi connectivity index (χ2n) is 5.06. The summed E-state index contributed by atoms with van der Waals surface area (Å²) in [6, 6.07) is 0. The number of Topliss-reactive ketones (excluding diaryl/α,β-unsaturated/α-hetero) is 1. The number of rotatable bonds is 6. The molecule has 0 spiro atoms. The van der Waals surface area contributed by atoms with Crippen molar-refractivity contribution in [2.45, 2.75) is 30.8 Å². The number of ether oxygens (including phenoxy) is 1. The number of likely N-dealkylation sites (tertiary alicyclic amines) is 1. The summed E-state index contributed by atoms with van der Waals surface area (Å²) in [5.74, 6) is -0.561. The molecule has 1 fully saturated rings. The number of amides is 1. The van der Waals surface area contributed by atoms with Gasteiger partial charge in [0.25, 0.3) is 10.4 Å². The van der Waals surface area contributed by atoms with E-state index < -0.39 is 9.84 Å². The molecule has 1 aromatic heterocycles. The molecule has 1 amide bonds. The molecule has 1 aliphatic heterocycles. The lowest BCUT2D eigenvalue weighted by Crippen LogP contribution is -2.37. The van der Waals surface area contributed by atoms with Crippen LogP contribution in [0.25, 0.3) is 0 Å². The first kappa shape index (κ1) is 16.8. The quantitative estimate of drug-likeness (QED) is 0.681. The van der Waals surface area contributed by atoms with E-state index in [0.29, 0.717) is 13.1 Å². The maximum atomic E-state index is 11.9. The van der Waals surface area contributed by atoms with E-state index in [1.165, 1.54) is 0 Å². The lowest BCUT2D eigenvalue weighted by atomic mass is 10.1. The standard InChI is InChI=1S/C12H17N3O5S2/c1-22(18,19)11-13-12(21-14-11)20-8-9(16)7-10(17)15-5-3-2-4-6-15/h2-8H2,1H3. The molecular formula is C12H17N3O5S2. The smallest absolute Gasteiger partial charge is 0.294 e. The highest BCUT2D eigenvalue weighted by Gasteiger charge is 2.20. The number of ketones is 1. The van der Waals surface area contributed by atoms with Crippen molar-refractivity contribution in [1.29, 1.82) is 0 Å². The number of aromatic nitrogens is 2. The van der Waals surface area contributed by atoms with Gasteiger partial charge in [-0.2, -0.15) is 9.36 Å². The van der Waals surface area contributed by atoms with Crippen LogP contribution in [-0.2, 0) is 19.4 Å². The van der Waals surface area contributed by atoms with Crippen LogP contribution in [0.2, 0.25) is 0 Å². The molecule has 0 aromatic carbocycles. The highest BCUT2D eigenvalue weighted by atomic mass is 32.2. The number of hydrogen-bond acceptors (Lipinski definition) is 8. The van der Waals surface area contributed by atoms with Crippen LogP contribution in [0.3, 0.4) is 0 Å². The van der Waals surface area contributed by atoms with Crippen molar-refractivity contribution in [2.24, 2.45) is 0 Å². The van der Waals surface area contributed by atoms with Gasteiger partial charge in [0.15, 0.2) is 5.78 Å². The molecule has 8 nitrogen and oxygen atoms in total. The number of piperidine rings is 1. The van der Waals surface area contributed by atoms with Crippen molar-refractivity contribution in [3.63, 3.8) is 0 Å². The van der Waals surface area contributed by atoms with Gasteiger partial charge in [0.1, 0.15) is 6.61 Å². The van der Waals surface area contributed by atoms with Crippen molar-refractivity contribution in [2.75, 3.05) is 26.0 Å². The molecule has 1 aromatic rings. The largest absolute Gasteiger partial charge is 0.461 e. The van der Waals surface area contributed by atoms with Gasteiger partial charge < -0.3 is 9.64 Å². The lowest BCUT2D eigenvalue weighted by molar-refractivity contribution is -0.136. The maximum Gasteiger partial charge on any atom is 0.294 e. The second kappa shape index (κ2) is 7.14. The Bertz CT molecular complexity index is 649. The first-order valence-corrected chi connectivity index (χ1v) is 9.49. The molecular weight excluding hydrogens is 330 g/mol. The molecule has 0 unspecified atom stereocenters. The Kier molecular flexibility index (Phi) is 5.46. The average Bonchev–Trinajstić information content (AvgIpc) is 2.95. The minimum Gasteiger partial charge on any atom is -0.461 e. The number of nitrogens with zero attached hydrogens (tertiary/aromatic N) is 3. The zero-order valence-electron chi connectivity index (χ0n) is 12.1. The molecule has 0 saturated carbocycles. The van der Waals surface area contributed by atoms with Crippen LogP contribution >= 0.6 is 11.5 Å². The molecule has 2 heterocycles. The summed E-state index contributed by atoms with van der Waals surface area (Å²) in [6.07, 6.45) is 3.82. The van der Waals surface area contributed by atoms with E-state index in [0.717, 1.165) is 37.1 Å². The first-order valence-electron chi connectivity index (χ1n) is 6.82. The molecule has 10 heteroatoms. The molecule has 122 valence electrons. The van der Waals surface area contributed by atoms with E-state index in [1.807, 2.05) is 0 Å². The molecule has 0 bridgehead atoms. The van der Waals surface area contributed by atoms with Gasteiger partial charge in [0.2, 0.25) is 15.7 Å². The highest BCUT2D eigenvalue weighted by Crippen LogP contribution is 2.17. The predicted molar refractivity (Wildman–Crippen MR) is 78.6 cm³/mol. The molecule has 1 saturated heterocycles. The molecule has 0 radical (unpaired) electrons.